The van der Waals surface area contributed by atoms with Crippen LogP contribution in [0.2, 0.25) is 0 Å². The van der Waals surface area contributed by atoms with Crippen molar-refractivity contribution in [2.45, 2.75) is 32.7 Å². The fourth-order valence-corrected chi connectivity index (χ4v) is 3.60. The van der Waals surface area contributed by atoms with Crippen molar-refractivity contribution in [2.75, 3.05) is 24.7 Å². The van der Waals surface area contributed by atoms with Crippen LogP contribution in [-0.4, -0.2) is 30.8 Å². The molecule has 1 aromatic carbocycles. The summed E-state index contributed by atoms with van der Waals surface area (Å²) >= 11 is 2.35. The molecular formula is C17H22ClIN2O. The van der Waals surface area contributed by atoms with Gasteiger partial charge in [0.1, 0.15) is 0 Å². The van der Waals surface area contributed by atoms with Gasteiger partial charge in [-0.05, 0) is 73.5 Å². The number of benzene rings is 1. The normalized spacial score (nSPS) is 17.8. The lowest BCUT2D eigenvalue weighted by atomic mass is 10.1. The van der Waals surface area contributed by atoms with Crippen molar-refractivity contribution >= 4 is 51.6 Å². The Morgan fingerprint density at radius 3 is 2.95 bits per heavy atom. The van der Waals surface area contributed by atoms with Gasteiger partial charge in [-0.25, -0.2) is 0 Å². The van der Waals surface area contributed by atoms with Crippen molar-refractivity contribution in [1.29, 1.82) is 0 Å². The number of nitrogens with zero attached hydrogens (tertiary/aromatic N) is 2. The molecule has 1 aliphatic rings. The SMILES string of the molecule is CCOCC1CCCN1c1cc(C)nc2cc(I)ccc12.Cl. The number of rotatable bonds is 4. The number of halogens is 2. The molecule has 0 aliphatic carbocycles. The quantitative estimate of drug-likeness (QED) is 0.662. The molecule has 22 heavy (non-hydrogen) atoms. The van der Waals surface area contributed by atoms with E-state index in [1.807, 2.05) is 0 Å². The summed E-state index contributed by atoms with van der Waals surface area (Å²) < 4.78 is 6.90. The van der Waals surface area contributed by atoms with Crippen LogP contribution in [0.5, 0.6) is 0 Å². The van der Waals surface area contributed by atoms with Gasteiger partial charge in [-0.1, -0.05) is 0 Å². The van der Waals surface area contributed by atoms with Crippen LogP contribution in [0.1, 0.15) is 25.5 Å². The molecule has 3 nitrogen and oxygen atoms in total. The highest BCUT2D eigenvalue weighted by molar-refractivity contribution is 14.1. The van der Waals surface area contributed by atoms with Crippen molar-refractivity contribution < 1.29 is 4.74 Å². The number of fused-ring (bicyclic) bond motifs is 1. The molecule has 1 unspecified atom stereocenters. The van der Waals surface area contributed by atoms with Crippen LogP contribution in [0.25, 0.3) is 10.9 Å². The number of aromatic nitrogens is 1. The van der Waals surface area contributed by atoms with Crippen molar-refractivity contribution in [3.05, 3.63) is 33.5 Å². The third kappa shape index (κ3) is 3.66. The Morgan fingerprint density at radius 1 is 1.36 bits per heavy atom. The first kappa shape index (κ1) is 17.8. The molecular weight excluding hydrogens is 411 g/mol. The smallest absolute Gasteiger partial charge is 0.0736 e. The van der Waals surface area contributed by atoms with E-state index in [2.05, 4.69) is 65.6 Å². The average Bonchev–Trinajstić information content (AvgIpc) is 2.91. The van der Waals surface area contributed by atoms with Crippen LogP contribution in [-0.2, 0) is 4.74 Å². The molecule has 1 fully saturated rings. The predicted octanol–water partition coefficient (Wildman–Crippen LogP) is 4.57. The van der Waals surface area contributed by atoms with E-state index in [9.17, 15) is 0 Å². The van der Waals surface area contributed by atoms with Gasteiger partial charge in [-0.2, -0.15) is 0 Å². The Hall–Kier alpha value is -0.590. The third-order valence-corrected chi connectivity index (χ3v) is 4.75. The Kier molecular flexibility index (Phi) is 6.29. The van der Waals surface area contributed by atoms with Gasteiger partial charge < -0.3 is 9.64 Å². The maximum absolute atomic E-state index is 5.67. The molecule has 0 amide bonds. The molecule has 1 aliphatic heterocycles. The predicted molar refractivity (Wildman–Crippen MR) is 103 cm³/mol. The molecule has 0 N–H and O–H groups in total. The Labute approximate surface area is 152 Å². The van der Waals surface area contributed by atoms with E-state index in [4.69, 9.17) is 9.72 Å². The van der Waals surface area contributed by atoms with Crippen molar-refractivity contribution in [3.8, 4) is 0 Å². The van der Waals surface area contributed by atoms with Crippen LogP contribution < -0.4 is 4.90 Å². The number of anilines is 1. The number of aryl methyl sites for hydroxylation is 1. The summed E-state index contributed by atoms with van der Waals surface area (Å²) in [6, 6.07) is 9.25. The number of hydrogen-bond acceptors (Lipinski definition) is 3. The maximum Gasteiger partial charge on any atom is 0.0736 e. The van der Waals surface area contributed by atoms with Crippen LogP contribution in [0.4, 0.5) is 5.69 Å². The molecule has 3 rings (SSSR count). The molecule has 0 spiro atoms. The maximum atomic E-state index is 5.67. The number of ether oxygens (including phenoxy) is 1. The van der Waals surface area contributed by atoms with Gasteiger partial charge in [0.2, 0.25) is 0 Å². The van der Waals surface area contributed by atoms with Crippen molar-refractivity contribution in [2.24, 2.45) is 0 Å². The fraction of sp³-hybridized carbons (Fsp3) is 0.471. The van der Waals surface area contributed by atoms with E-state index in [0.29, 0.717) is 6.04 Å². The molecule has 2 heterocycles. The van der Waals surface area contributed by atoms with Crippen LogP contribution in [0.3, 0.4) is 0 Å². The highest BCUT2D eigenvalue weighted by atomic mass is 127. The Balaban J connectivity index is 0.00000176. The average molecular weight is 433 g/mol. The zero-order chi connectivity index (χ0) is 14.8. The zero-order valence-corrected chi connectivity index (χ0v) is 16.0. The first-order valence-electron chi connectivity index (χ1n) is 7.60. The van der Waals surface area contributed by atoms with Gasteiger partial charge in [0.05, 0.1) is 18.2 Å². The summed E-state index contributed by atoms with van der Waals surface area (Å²) in [7, 11) is 0. The van der Waals surface area contributed by atoms with Crippen LogP contribution in [0.15, 0.2) is 24.3 Å². The van der Waals surface area contributed by atoms with E-state index >= 15 is 0 Å². The van der Waals surface area contributed by atoms with Gasteiger partial charge in [0.25, 0.3) is 0 Å². The van der Waals surface area contributed by atoms with Crippen molar-refractivity contribution in [3.63, 3.8) is 0 Å². The van der Waals surface area contributed by atoms with Crippen LogP contribution >= 0.6 is 35.0 Å². The third-order valence-electron chi connectivity index (χ3n) is 4.08. The lowest BCUT2D eigenvalue weighted by molar-refractivity contribution is 0.134. The molecule has 1 aromatic heterocycles. The monoisotopic (exact) mass is 432 g/mol. The standard InChI is InChI=1S/C17H21IN2O.ClH/c1-3-21-11-14-5-4-8-20(14)17-9-12(2)19-16-10-13(18)6-7-15(16)17;/h6-7,9-10,14H,3-5,8,11H2,1-2H3;1H. The fourth-order valence-electron chi connectivity index (χ4n) is 3.13. The van der Waals surface area contributed by atoms with E-state index in [-0.39, 0.29) is 12.4 Å². The van der Waals surface area contributed by atoms with Gasteiger partial charge in [-0.3, -0.25) is 4.98 Å². The number of pyridine rings is 1. The molecule has 0 bridgehead atoms. The van der Waals surface area contributed by atoms with E-state index < -0.39 is 0 Å². The minimum Gasteiger partial charge on any atom is -0.380 e. The van der Waals surface area contributed by atoms with Gasteiger partial charge in [0, 0.05) is 33.5 Å². The molecule has 1 atom stereocenters. The van der Waals surface area contributed by atoms with E-state index in [1.165, 1.54) is 27.5 Å². The van der Waals surface area contributed by atoms with E-state index in [0.717, 1.165) is 31.0 Å². The van der Waals surface area contributed by atoms with Gasteiger partial charge in [0.15, 0.2) is 0 Å². The summed E-state index contributed by atoms with van der Waals surface area (Å²) in [5, 5.41) is 1.25. The molecule has 2 aromatic rings. The highest BCUT2D eigenvalue weighted by Gasteiger charge is 2.26. The first-order chi connectivity index (χ1) is 10.2. The summed E-state index contributed by atoms with van der Waals surface area (Å²) in [6.45, 7) is 6.87. The molecule has 5 heteroatoms. The molecule has 120 valence electrons. The number of hydrogen-bond donors (Lipinski definition) is 0. The van der Waals surface area contributed by atoms with E-state index in [1.54, 1.807) is 0 Å². The van der Waals surface area contributed by atoms with Gasteiger partial charge in [-0.15, -0.1) is 12.4 Å². The minimum atomic E-state index is 0. The lowest BCUT2D eigenvalue weighted by Crippen LogP contribution is -2.33. The summed E-state index contributed by atoms with van der Waals surface area (Å²) in [6.07, 6.45) is 2.46. The topological polar surface area (TPSA) is 25.4 Å². The summed E-state index contributed by atoms with van der Waals surface area (Å²) in [5.74, 6) is 0. The molecule has 1 saturated heterocycles. The summed E-state index contributed by atoms with van der Waals surface area (Å²) in [5.41, 5.74) is 3.50. The van der Waals surface area contributed by atoms with Gasteiger partial charge >= 0.3 is 0 Å². The lowest BCUT2D eigenvalue weighted by Gasteiger charge is -2.28. The molecule has 0 radical (unpaired) electrons. The Bertz CT molecular complexity index is 645. The first-order valence-corrected chi connectivity index (χ1v) is 8.68. The van der Waals surface area contributed by atoms with Crippen LogP contribution in [0, 0.1) is 10.5 Å². The van der Waals surface area contributed by atoms with Crippen molar-refractivity contribution in [1.82, 2.24) is 4.98 Å². The minimum absolute atomic E-state index is 0. The Morgan fingerprint density at radius 2 is 2.18 bits per heavy atom. The second-order valence-electron chi connectivity index (χ2n) is 5.59. The molecule has 0 saturated carbocycles. The second kappa shape index (κ2) is 7.79. The highest BCUT2D eigenvalue weighted by Crippen LogP contribution is 2.33. The zero-order valence-electron chi connectivity index (χ0n) is 13.0. The largest absolute Gasteiger partial charge is 0.380 e. The summed E-state index contributed by atoms with van der Waals surface area (Å²) in [4.78, 5) is 7.21. The second-order valence-corrected chi connectivity index (χ2v) is 6.84.